The molecule has 0 bridgehead atoms. The van der Waals surface area contributed by atoms with Crippen molar-refractivity contribution in [1.29, 1.82) is 0 Å². The van der Waals surface area contributed by atoms with E-state index in [-0.39, 0.29) is 5.91 Å². The van der Waals surface area contributed by atoms with Gasteiger partial charge in [-0.15, -0.1) is 0 Å². The van der Waals surface area contributed by atoms with Crippen molar-refractivity contribution in [3.63, 3.8) is 0 Å². The van der Waals surface area contributed by atoms with Gasteiger partial charge in [-0.2, -0.15) is 0 Å². The summed E-state index contributed by atoms with van der Waals surface area (Å²) in [7, 11) is 0. The van der Waals surface area contributed by atoms with Gasteiger partial charge in [0.25, 0.3) is 0 Å². The van der Waals surface area contributed by atoms with Gasteiger partial charge >= 0.3 is 0 Å². The summed E-state index contributed by atoms with van der Waals surface area (Å²) in [6.45, 7) is 6.00. The first-order valence-corrected chi connectivity index (χ1v) is 7.64. The van der Waals surface area contributed by atoms with Gasteiger partial charge in [0.15, 0.2) is 0 Å². The molecule has 0 radical (unpaired) electrons. The maximum atomic E-state index is 11.9. The first-order valence-electron chi connectivity index (χ1n) is 7.64. The Labute approximate surface area is 121 Å². The molecule has 2 rings (SSSR count). The second-order valence-electron chi connectivity index (χ2n) is 5.32. The summed E-state index contributed by atoms with van der Waals surface area (Å²) >= 11 is 0. The molecule has 1 saturated heterocycles. The second kappa shape index (κ2) is 7.90. The van der Waals surface area contributed by atoms with E-state index >= 15 is 0 Å². The van der Waals surface area contributed by atoms with Crippen molar-refractivity contribution >= 4 is 11.6 Å². The average molecular weight is 277 g/mol. The highest BCUT2D eigenvalue weighted by Crippen LogP contribution is 2.15. The zero-order valence-electron chi connectivity index (χ0n) is 12.3. The summed E-state index contributed by atoms with van der Waals surface area (Å²) in [5.41, 5.74) is 0.840. The molecule has 0 aliphatic carbocycles. The van der Waals surface area contributed by atoms with Crippen LogP contribution in [-0.2, 0) is 4.79 Å². The molecule has 1 aromatic carbocycles. The summed E-state index contributed by atoms with van der Waals surface area (Å²) in [4.78, 5) is 13.5. The van der Waals surface area contributed by atoms with Crippen molar-refractivity contribution in [2.45, 2.75) is 32.6 Å². The molecule has 1 aromatic rings. The van der Waals surface area contributed by atoms with Gasteiger partial charge in [0, 0.05) is 5.69 Å². The van der Waals surface area contributed by atoms with E-state index in [9.17, 15) is 4.79 Å². The molecule has 0 saturated carbocycles. The number of rotatable bonds is 6. The topological polar surface area (TPSA) is 42.8 Å². The van der Waals surface area contributed by atoms with Gasteiger partial charge < -0.3 is 15.0 Å². The smallest absolute Gasteiger partial charge is 0.230 e. The van der Waals surface area contributed by atoms with E-state index in [1.807, 2.05) is 31.2 Å². The quantitative estimate of drug-likeness (QED) is 0.827. The number of nitrogens with one attached hydrogen (secondary N) is 2. The van der Waals surface area contributed by atoms with Gasteiger partial charge in [0.2, 0.25) is 5.91 Å². The molecule has 20 heavy (non-hydrogen) atoms. The third kappa shape index (κ3) is 4.85. The molecule has 1 aliphatic rings. The molecule has 1 amide bonds. The number of quaternary nitrogens is 1. The number of anilines is 1. The van der Waals surface area contributed by atoms with Gasteiger partial charge in [0.05, 0.1) is 32.7 Å². The van der Waals surface area contributed by atoms with Crippen LogP contribution in [0.5, 0.6) is 5.75 Å². The largest absolute Gasteiger partial charge is 0.494 e. The van der Waals surface area contributed by atoms with Gasteiger partial charge in [-0.1, -0.05) is 0 Å². The Bertz CT molecular complexity index is 411. The Morgan fingerprint density at radius 2 is 1.90 bits per heavy atom. The molecule has 0 atom stereocenters. The minimum absolute atomic E-state index is 0.104. The SMILES string of the molecule is CCOc1ccc(NC(=O)CC[NH+]2CCCCC2)cc1. The van der Waals surface area contributed by atoms with Crippen LogP contribution in [0, 0.1) is 0 Å². The van der Waals surface area contributed by atoms with Crippen molar-refractivity contribution in [3.05, 3.63) is 24.3 Å². The van der Waals surface area contributed by atoms with Crippen molar-refractivity contribution < 1.29 is 14.4 Å². The summed E-state index contributed by atoms with van der Waals surface area (Å²) in [6.07, 6.45) is 4.55. The monoisotopic (exact) mass is 277 g/mol. The van der Waals surface area contributed by atoms with Crippen LogP contribution in [0.4, 0.5) is 5.69 Å². The molecule has 0 spiro atoms. The number of piperidine rings is 1. The second-order valence-corrected chi connectivity index (χ2v) is 5.32. The van der Waals surface area contributed by atoms with Crippen LogP contribution >= 0.6 is 0 Å². The first-order chi connectivity index (χ1) is 9.78. The molecule has 0 aromatic heterocycles. The van der Waals surface area contributed by atoms with Gasteiger partial charge in [-0.3, -0.25) is 4.79 Å². The number of hydrogen-bond donors (Lipinski definition) is 2. The molecule has 1 heterocycles. The minimum atomic E-state index is 0.104. The summed E-state index contributed by atoms with van der Waals surface area (Å²) in [6, 6.07) is 7.54. The van der Waals surface area contributed by atoms with Crippen molar-refractivity contribution in [2.24, 2.45) is 0 Å². The Morgan fingerprint density at radius 1 is 1.20 bits per heavy atom. The van der Waals surface area contributed by atoms with Crippen LogP contribution in [0.2, 0.25) is 0 Å². The summed E-state index contributed by atoms with van der Waals surface area (Å²) in [5.74, 6) is 0.940. The molecule has 4 heteroatoms. The maximum Gasteiger partial charge on any atom is 0.230 e. The molecule has 0 unspecified atom stereocenters. The van der Waals surface area contributed by atoms with Crippen LogP contribution in [0.15, 0.2) is 24.3 Å². The standard InChI is InChI=1S/C16H24N2O2/c1-2-20-15-8-6-14(7-9-15)17-16(19)10-13-18-11-4-3-5-12-18/h6-9H,2-5,10-13H2,1H3,(H,17,19)/p+1. The van der Waals surface area contributed by atoms with E-state index in [2.05, 4.69) is 5.32 Å². The van der Waals surface area contributed by atoms with E-state index in [0.717, 1.165) is 18.0 Å². The number of carbonyl (C=O) groups is 1. The molecule has 1 fully saturated rings. The Kier molecular flexibility index (Phi) is 5.87. The normalized spacial score (nSPS) is 15.8. The average Bonchev–Trinajstić information content (AvgIpc) is 2.49. The van der Waals surface area contributed by atoms with E-state index in [1.165, 1.54) is 32.4 Å². The predicted octanol–water partition coefficient (Wildman–Crippen LogP) is 1.48. The lowest BCUT2D eigenvalue weighted by Gasteiger charge is -2.23. The third-order valence-electron chi connectivity index (χ3n) is 3.72. The fourth-order valence-electron chi connectivity index (χ4n) is 2.62. The van der Waals surface area contributed by atoms with Crippen LogP contribution in [0.3, 0.4) is 0 Å². The zero-order valence-corrected chi connectivity index (χ0v) is 12.3. The number of benzene rings is 1. The highest BCUT2D eigenvalue weighted by Gasteiger charge is 2.14. The van der Waals surface area contributed by atoms with Crippen LogP contribution in [0.25, 0.3) is 0 Å². The Morgan fingerprint density at radius 3 is 2.55 bits per heavy atom. The Balaban J connectivity index is 1.73. The lowest BCUT2D eigenvalue weighted by molar-refractivity contribution is -0.904. The van der Waals surface area contributed by atoms with E-state index < -0.39 is 0 Å². The minimum Gasteiger partial charge on any atom is -0.494 e. The first kappa shape index (κ1) is 14.9. The van der Waals surface area contributed by atoms with Gasteiger partial charge in [0.1, 0.15) is 5.75 Å². The van der Waals surface area contributed by atoms with E-state index in [1.54, 1.807) is 4.90 Å². The number of likely N-dealkylation sites (tertiary alicyclic amines) is 1. The van der Waals surface area contributed by atoms with Gasteiger partial charge in [-0.25, -0.2) is 0 Å². The van der Waals surface area contributed by atoms with Gasteiger partial charge in [-0.05, 0) is 50.5 Å². The number of ether oxygens (including phenoxy) is 1. The lowest BCUT2D eigenvalue weighted by atomic mass is 10.1. The highest BCUT2D eigenvalue weighted by molar-refractivity contribution is 5.90. The predicted molar refractivity (Wildman–Crippen MR) is 80.3 cm³/mol. The fourth-order valence-corrected chi connectivity index (χ4v) is 2.62. The fraction of sp³-hybridized carbons (Fsp3) is 0.562. The van der Waals surface area contributed by atoms with Crippen LogP contribution < -0.4 is 15.0 Å². The number of carbonyl (C=O) groups excluding carboxylic acids is 1. The Hall–Kier alpha value is -1.55. The van der Waals surface area contributed by atoms with Crippen LogP contribution in [0.1, 0.15) is 32.6 Å². The van der Waals surface area contributed by atoms with Crippen molar-refractivity contribution in [2.75, 3.05) is 31.6 Å². The maximum absolute atomic E-state index is 11.9. The highest BCUT2D eigenvalue weighted by atomic mass is 16.5. The number of hydrogen-bond acceptors (Lipinski definition) is 2. The molecule has 110 valence electrons. The van der Waals surface area contributed by atoms with Crippen molar-refractivity contribution in [1.82, 2.24) is 0 Å². The summed E-state index contributed by atoms with van der Waals surface area (Å²) < 4.78 is 5.38. The van der Waals surface area contributed by atoms with E-state index in [4.69, 9.17) is 4.74 Å². The molecule has 1 aliphatic heterocycles. The van der Waals surface area contributed by atoms with Crippen LogP contribution in [-0.4, -0.2) is 32.1 Å². The zero-order chi connectivity index (χ0) is 14.2. The number of amides is 1. The third-order valence-corrected chi connectivity index (χ3v) is 3.72. The lowest BCUT2D eigenvalue weighted by Crippen LogP contribution is -3.12. The molecule has 2 N–H and O–H groups in total. The molecule has 4 nitrogen and oxygen atoms in total. The van der Waals surface area contributed by atoms with E-state index in [0.29, 0.717) is 13.0 Å². The molecular formula is C16H25N2O2+. The summed E-state index contributed by atoms with van der Waals surface area (Å²) in [5, 5.41) is 2.94. The van der Waals surface area contributed by atoms with Crippen molar-refractivity contribution in [3.8, 4) is 5.75 Å². The molecular weight excluding hydrogens is 252 g/mol.